The van der Waals surface area contributed by atoms with Crippen LogP contribution < -0.4 is 4.72 Å². The maximum Gasteiger partial charge on any atom is 0.391 e. The first kappa shape index (κ1) is 23.6. The number of alkyl halides is 3. The minimum atomic E-state index is -4.29. The quantitative estimate of drug-likeness (QED) is 0.725. The maximum absolute atomic E-state index is 12.8. The topological polar surface area (TPSA) is 73.2 Å². The van der Waals surface area contributed by atoms with Crippen LogP contribution in [0.15, 0.2) is 12.1 Å². The van der Waals surface area contributed by atoms with E-state index in [-0.39, 0.29) is 44.3 Å². The van der Waals surface area contributed by atoms with Gasteiger partial charge < -0.3 is 0 Å². The number of nitriles is 1. The second-order valence-corrected chi connectivity index (χ2v) is 9.87. The number of nitrogens with zero attached hydrogens (tertiary/aromatic N) is 2. The van der Waals surface area contributed by atoms with Crippen molar-refractivity contribution in [2.45, 2.75) is 65.1 Å². The summed E-state index contributed by atoms with van der Waals surface area (Å²) in [6.45, 7) is 7.60. The van der Waals surface area contributed by atoms with Crippen molar-refractivity contribution in [3.63, 3.8) is 0 Å². The first-order valence-electron chi connectivity index (χ1n) is 9.75. The molecule has 2 rings (SSSR count). The Morgan fingerprint density at radius 3 is 2.00 bits per heavy atom. The van der Waals surface area contributed by atoms with E-state index in [4.69, 9.17) is 0 Å². The Morgan fingerprint density at radius 2 is 1.62 bits per heavy atom. The van der Waals surface area contributed by atoms with Crippen molar-refractivity contribution >= 4 is 10.2 Å². The van der Waals surface area contributed by atoms with E-state index in [0.717, 1.165) is 21.0 Å². The van der Waals surface area contributed by atoms with Crippen molar-refractivity contribution in [3.05, 3.63) is 34.4 Å². The van der Waals surface area contributed by atoms with Crippen molar-refractivity contribution in [1.29, 1.82) is 5.26 Å². The molecule has 1 saturated heterocycles. The van der Waals surface area contributed by atoms with Gasteiger partial charge in [-0.1, -0.05) is 39.8 Å². The van der Waals surface area contributed by atoms with E-state index in [1.165, 1.54) is 0 Å². The van der Waals surface area contributed by atoms with Gasteiger partial charge in [-0.3, -0.25) is 0 Å². The van der Waals surface area contributed by atoms with Gasteiger partial charge in [0.05, 0.1) is 17.6 Å². The molecule has 1 aromatic rings. The summed E-state index contributed by atoms with van der Waals surface area (Å²) in [5.74, 6) is -1.25. The Hall–Kier alpha value is -1.63. The highest BCUT2D eigenvalue weighted by molar-refractivity contribution is 7.87. The van der Waals surface area contributed by atoms with E-state index in [9.17, 15) is 26.9 Å². The summed E-state index contributed by atoms with van der Waals surface area (Å²) < 4.78 is 67.1. The van der Waals surface area contributed by atoms with Gasteiger partial charge in [-0.05, 0) is 41.4 Å². The minimum Gasteiger partial charge on any atom is -0.198 e. The van der Waals surface area contributed by atoms with Gasteiger partial charge in [-0.15, -0.1) is 0 Å². The van der Waals surface area contributed by atoms with Gasteiger partial charge in [0.15, 0.2) is 0 Å². The van der Waals surface area contributed by atoms with Gasteiger partial charge in [0.2, 0.25) is 0 Å². The van der Waals surface area contributed by atoms with Crippen LogP contribution in [0.4, 0.5) is 13.2 Å². The number of hydrogen-bond donors (Lipinski definition) is 1. The third-order valence-electron chi connectivity index (χ3n) is 5.33. The predicted molar refractivity (Wildman–Crippen MR) is 105 cm³/mol. The van der Waals surface area contributed by atoms with Crippen LogP contribution >= 0.6 is 0 Å². The molecule has 162 valence electrons. The molecule has 0 amide bonds. The first-order chi connectivity index (χ1) is 13.4. The van der Waals surface area contributed by atoms with Crippen LogP contribution in [0.25, 0.3) is 0 Å². The van der Waals surface area contributed by atoms with Gasteiger partial charge in [-0.2, -0.15) is 35.9 Å². The summed E-state index contributed by atoms with van der Waals surface area (Å²) >= 11 is 0. The van der Waals surface area contributed by atoms with Gasteiger partial charge >= 0.3 is 6.18 Å². The van der Waals surface area contributed by atoms with Crippen LogP contribution in [-0.2, 0) is 16.8 Å². The second-order valence-electron chi connectivity index (χ2n) is 8.11. The fourth-order valence-electron chi connectivity index (χ4n) is 3.58. The molecule has 9 heteroatoms. The van der Waals surface area contributed by atoms with Crippen LogP contribution in [0, 0.1) is 17.2 Å². The lowest BCUT2D eigenvalue weighted by molar-refractivity contribution is -0.182. The Kier molecular flexibility index (Phi) is 7.36. The fraction of sp³-hybridized carbons (Fsp3) is 0.650. The molecule has 1 aromatic carbocycles. The van der Waals surface area contributed by atoms with Crippen LogP contribution in [0.3, 0.4) is 0 Å². The summed E-state index contributed by atoms with van der Waals surface area (Å²) in [5.41, 5.74) is 3.07. The zero-order valence-corrected chi connectivity index (χ0v) is 18.0. The van der Waals surface area contributed by atoms with E-state index in [1.54, 1.807) is 0 Å². The van der Waals surface area contributed by atoms with Crippen molar-refractivity contribution in [3.8, 4) is 6.07 Å². The highest BCUT2D eigenvalue weighted by atomic mass is 32.2. The summed E-state index contributed by atoms with van der Waals surface area (Å²) in [4.78, 5) is 0. The molecule has 0 radical (unpaired) electrons. The van der Waals surface area contributed by atoms with Gasteiger partial charge in [0, 0.05) is 19.6 Å². The van der Waals surface area contributed by atoms with E-state index < -0.39 is 22.3 Å². The molecular formula is C20H28F3N3O2S. The minimum absolute atomic E-state index is 0.0205. The smallest absolute Gasteiger partial charge is 0.198 e. The number of halogens is 3. The van der Waals surface area contributed by atoms with Crippen LogP contribution in [0.2, 0.25) is 0 Å². The number of hydrogen-bond acceptors (Lipinski definition) is 3. The van der Waals surface area contributed by atoms with Crippen molar-refractivity contribution in [2.75, 3.05) is 13.1 Å². The lowest BCUT2D eigenvalue weighted by Gasteiger charge is -2.32. The van der Waals surface area contributed by atoms with E-state index >= 15 is 0 Å². The van der Waals surface area contributed by atoms with E-state index in [2.05, 4.69) is 10.8 Å². The molecule has 0 saturated carbocycles. The summed E-state index contributed by atoms with van der Waals surface area (Å²) in [5, 5.41) is 9.55. The average molecular weight is 432 g/mol. The van der Waals surface area contributed by atoms with Crippen LogP contribution in [-0.4, -0.2) is 32.0 Å². The SMILES string of the molecule is CC(C)c1cc(CNS(=O)(=O)N2CCC(C(F)(F)F)CC2)cc(C(C)C)c1C#N. The van der Waals surface area contributed by atoms with E-state index in [1.807, 2.05) is 39.8 Å². The summed E-state index contributed by atoms with van der Waals surface area (Å²) in [7, 11) is -3.88. The molecule has 1 N–H and O–H groups in total. The van der Waals surface area contributed by atoms with Crippen molar-refractivity contribution in [2.24, 2.45) is 5.92 Å². The molecule has 1 heterocycles. The Morgan fingerprint density at radius 1 is 1.14 bits per heavy atom. The van der Waals surface area contributed by atoms with Crippen LogP contribution in [0.1, 0.15) is 74.6 Å². The third-order valence-corrected chi connectivity index (χ3v) is 6.88. The zero-order valence-electron chi connectivity index (χ0n) is 17.2. The van der Waals surface area contributed by atoms with Crippen LogP contribution in [0.5, 0.6) is 0 Å². The molecule has 0 atom stereocenters. The van der Waals surface area contributed by atoms with Gasteiger partial charge in [0.1, 0.15) is 0 Å². The Balaban J connectivity index is 2.16. The largest absolute Gasteiger partial charge is 0.391 e. The number of nitrogens with one attached hydrogen (secondary N) is 1. The van der Waals surface area contributed by atoms with Crippen molar-refractivity contribution in [1.82, 2.24) is 9.03 Å². The molecule has 29 heavy (non-hydrogen) atoms. The van der Waals surface area contributed by atoms with Gasteiger partial charge in [0.25, 0.3) is 10.2 Å². The molecule has 1 aliphatic heterocycles. The normalized spacial score (nSPS) is 17.1. The molecular weight excluding hydrogens is 403 g/mol. The molecule has 5 nitrogen and oxygen atoms in total. The summed E-state index contributed by atoms with van der Waals surface area (Å²) in [6.07, 6.45) is -4.74. The molecule has 0 spiro atoms. The fourth-order valence-corrected chi connectivity index (χ4v) is 4.81. The molecule has 0 bridgehead atoms. The zero-order chi connectivity index (χ0) is 22.0. The van der Waals surface area contributed by atoms with E-state index in [0.29, 0.717) is 5.56 Å². The first-order valence-corrected chi connectivity index (χ1v) is 11.2. The molecule has 1 fully saturated rings. The number of benzene rings is 1. The lowest BCUT2D eigenvalue weighted by Crippen LogP contribution is -2.46. The van der Waals surface area contributed by atoms with Gasteiger partial charge in [-0.25, -0.2) is 0 Å². The second kappa shape index (κ2) is 9.02. The molecule has 1 aliphatic rings. The predicted octanol–water partition coefficient (Wildman–Crippen LogP) is 4.41. The molecule has 0 aromatic heterocycles. The van der Waals surface area contributed by atoms with Crippen molar-refractivity contribution < 1.29 is 21.6 Å². The molecule has 0 aliphatic carbocycles. The Labute approximate surface area is 171 Å². The monoisotopic (exact) mass is 431 g/mol. The average Bonchev–Trinajstić information content (AvgIpc) is 2.64. The Bertz CT molecular complexity index is 837. The summed E-state index contributed by atoms with van der Waals surface area (Å²) in [6, 6.07) is 5.91. The highest BCUT2D eigenvalue weighted by Gasteiger charge is 2.42. The molecule has 0 unspecified atom stereocenters. The maximum atomic E-state index is 12.8. The number of piperidine rings is 1. The number of rotatable bonds is 6. The standard InChI is InChI=1S/C20H28F3N3O2S/c1-13(2)17-9-15(10-18(14(3)4)19(17)11-24)12-25-29(27,28)26-7-5-16(6-8-26)20(21,22)23/h9-10,13-14,16,25H,5-8,12H2,1-4H3. The third kappa shape index (κ3) is 5.71. The lowest BCUT2D eigenvalue weighted by atomic mass is 9.87. The highest BCUT2D eigenvalue weighted by Crippen LogP contribution is 2.34.